The largest absolute Gasteiger partial charge is 0.319 e. The van der Waals surface area contributed by atoms with Gasteiger partial charge in [0.05, 0.1) is 10.2 Å². The third kappa shape index (κ3) is 3.79. The molecule has 0 unspecified atom stereocenters. The summed E-state index contributed by atoms with van der Waals surface area (Å²) in [6.07, 6.45) is 0.450. The third-order valence-electron chi connectivity index (χ3n) is 3.78. The van der Waals surface area contributed by atoms with E-state index in [0.29, 0.717) is 6.42 Å². The Bertz CT molecular complexity index is 939. The molecule has 0 aliphatic carbocycles. The molecule has 0 radical (unpaired) electrons. The van der Waals surface area contributed by atoms with Crippen molar-refractivity contribution < 1.29 is 4.79 Å². The summed E-state index contributed by atoms with van der Waals surface area (Å²) in [7, 11) is 1.98. The van der Waals surface area contributed by atoms with E-state index in [1.165, 1.54) is 20.7 Å². The molecule has 3 aromatic rings. The summed E-state index contributed by atoms with van der Waals surface area (Å²) in [6, 6.07) is 14.5. The number of rotatable bonds is 4. The van der Waals surface area contributed by atoms with Crippen molar-refractivity contribution in [2.45, 2.75) is 25.2 Å². The van der Waals surface area contributed by atoms with Crippen LogP contribution in [0, 0.1) is 13.8 Å². The maximum absolute atomic E-state index is 12.2. The summed E-state index contributed by atoms with van der Waals surface area (Å²) in [5.41, 5.74) is 3.62. The lowest BCUT2D eigenvalue weighted by molar-refractivity contribution is -0.117. The zero-order chi connectivity index (χ0) is 17.1. The quantitative estimate of drug-likeness (QED) is 0.647. The molecule has 0 saturated heterocycles. The number of benzene rings is 2. The van der Waals surface area contributed by atoms with E-state index in [1.807, 2.05) is 29.8 Å². The predicted molar refractivity (Wildman–Crippen MR) is 103 cm³/mol. The van der Waals surface area contributed by atoms with E-state index >= 15 is 0 Å². The van der Waals surface area contributed by atoms with E-state index < -0.39 is 0 Å². The van der Waals surface area contributed by atoms with Gasteiger partial charge in [0.2, 0.25) is 5.91 Å². The molecule has 0 atom stereocenters. The van der Waals surface area contributed by atoms with Crippen LogP contribution in [-0.4, -0.2) is 16.2 Å². The van der Waals surface area contributed by atoms with Crippen LogP contribution < -0.4 is 4.80 Å². The molecule has 3 rings (SSSR count). The van der Waals surface area contributed by atoms with Crippen LogP contribution in [0.4, 0.5) is 0 Å². The maximum atomic E-state index is 12.2. The van der Waals surface area contributed by atoms with Crippen LogP contribution in [0.1, 0.15) is 17.5 Å². The van der Waals surface area contributed by atoms with Crippen LogP contribution >= 0.6 is 23.1 Å². The van der Waals surface area contributed by atoms with Crippen molar-refractivity contribution in [3.05, 3.63) is 58.4 Å². The van der Waals surface area contributed by atoms with E-state index in [2.05, 4.69) is 43.1 Å². The minimum Gasteiger partial charge on any atom is -0.319 e. The van der Waals surface area contributed by atoms with Gasteiger partial charge in [0, 0.05) is 24.1 Å². The smallest absolute Gasteiger partial charge is 0.249 e. The Morgan fingerprint density at radius 1 is 1.21 bits per heavy atom. The summed E-state index contributed by atoms with van der Waals surface area (Å²) < 4.78 is 3.21. The molecule has 0 bridgehead atoms. The summed E-state index contributed by atoms with van der Waals surface area (Å²) >= 11 is 3.27. The zero-order valence-corrected chi connectivity index (χ0v) is 15.7. The van der Waals surface area contributed by atoms with Crippen LogP contribution in [0.2, 0.25) is 0 Å². The van der Waals surface area contributed by atoms with Crippen molar-refractivity contribution >= 4 is 39.2 Å². The van der Waals surface area contributed by atoms with Gasteiger partial charge < -0.3 is 4.57 Å². The van der Waals surface area contributed by atoms with Crippen LogP contribution in [0.5, 0.6) is 0 Å². The molecule has 1 heterocycles. The lowest BCUT2D eigenvalue weighted by Gasteiger charge is -2.01. The molecule has 1 amide bonds. The number of thioether (sulfide) groups is 1. The topological polar surface area (TPSA) is 34.4 Å². The van der Waals surface area contributed by atoms with Gasteiger partial charge in [0.15, 0.2) is 4.80 Å². The molecule has 3 nitrogen and oxygen atoms in total. The summed E-state index contributed by atoms with van der Waals surface area (Å²) in [4.78, 5) is 18.5. The van der Waals surface area contributed by atoms with E-state index in [4.69, 9.17) is 0 Å². The molecule has 5 heteroatoms. The summed E-state index contributed by atoms with van der Waals surface area (Å²) in [5.74, 6) is 0.689. The van der Waals surface area contributed by atoms with E-state index in [-0.39, 0.29) is 5.91 Å². The number of fused-ring (bicyclic) bond motifs is 1. The second kappa shape index (κ2) is 7.36. The van der Waals surface area contributed by atoms with E-state index in [0.717, 1.165) is 16.1 Å². The Morgan fingerprint density at radius 3 is 2.71 bits per heavy atom. The second-order valence-electron chi connectivity index (χ2n) is 5.79. The molecular formula is C19H20N2OS2. The molecule has 124 valence electrons. The average Bonchev–Trinajstić information content (AvgIpc) is 2.84. The fraction of sp³-hybridized carbons (Fsp3) is 0.263. The van der Waals surface area contributed by atoms with Crippen molar-refractivity contribution in [3.8, 4) is 0 Å². The van der Waals surface area contributed by atoms with Crippen molar-refractivity contribution in [2.75, 3.05) is 5.75 Å². The molecule has 0 fully saturated rings. The van der Waals surface area contributed by atoms with Crippen LogP contribution in [0.3, 0.4) is 0 Å². The predicted octanol–water partition coefficient (Wildman–Crippen LogP) is 4.47. The Kier molecular flexibility index (Phi) is 5.21. The molecule has 0 aliphatic heterocycles. The number of amides is 1. The molecule has 2 aromatic carbocycles. The molecule has 24 heavy (non-hydrogen) atoms. The zero-order valence-electron chi connectivity index (χ0n) is 14.1. The first kappa shape index (κ1) is 17.0. The highest BCUT2D eigenvalue weighted by molar-refractivity contribution is 7.99. The SMILES string of the molecule is Cc1cc(C)c2c(c1)sc(=NC(=O)CCSc1ccccc1)n2C. The Morgan fingerprint density at radius 2 is 1.96 bits per heavy atom. The normalized spacial score (nSPS) is 12.0. The van der Waals surface area contributed by atoms with Crippen LogP contribution in [0.25, 0.3) is 10.2 Å². The fourth-order valence-electron chi connectivity index (χ4n) is 2.72. The highest BCUT2D eigenvalue weighted by Gasteiger charge is 2.08. The van der Waals surface area contributed by atoms with Gasteiger partial charge in [-0.3, -0.25) is 4.79 Å². The van der Waals surface area contributed by atoms with E-state index in [1.54, 1.807) is 23.1 Å². The lowest BCUT2D eigenvalue weighted by atomic mass is 10.1. The number of carbonyl (C=O) groups is 1. The van der Waals surface area contributed by atoms with Gasteiger partial charge >= 0.3 is 0 Å². The highest BCUT2D eigenvalue weighted by atomic mass is 32.2. The van der Waals surface area contributed by atoms with Gasteiger partial charge in [0.1, 0.15) is 0 Å². The first-order valence-electron chi connectivity index (χ1n) is 7.87. The Labute approximate surface area is 150 Å². The van der Waals surface area contributed by atoms with Gasteiger partial charge in [-0.25, -0.2) is 0 Å². The molecule has 0 N–H and O–H groups in total. The van der Waals surface area contributed by atoms with E-state index in [9.17, 15) is 4.79 Å². The second-order valence-corrected chi connectivity index (χ2v) is 7.97. The first-order valence-corrected chi connectivity index (χ1v) is 9.67. The van der Waals surface area contributed by atoms with Crippen LogP contribution in [-0.2, 0) is 11.8 Å². The number of thiazole rings is 1. The number of hydrogen-bond donors (Lipinski definition) is 0. The standard InChI is InChI=1S/C19H20N2OS2/c1-13-11-14(2)18-16(12-13)24-19(21(18)3)20-17(22)9-10-23-15-7-5-4-6-8-15/h4-8,11-12H,9-10H2,1-3H3. The molecule has 0 aliphatic rings. The van der Waals surface area contributed by atoms with Gasteiger partial charge in [0.25, 0.3) is 0 Å². The van der Waals surface area contributed by atoms with Gasteiger partial charge in [-0.1, -0.05) is 35.6 Å². The van der Waals surface area contributed by atoms with Crippen molar-refractivity contribution in [3.63, 3.8) is 0 Å². The van der Waals surface area contributed by atoms with Crippen molar-refractivity contribution in [1.29, 1.82) is 0 Å². The average molecular weight is 357 g/mol. The fourth-order valence-corrected chi connectivity index (χ4v) is 4.80. The van der Waals surface area contributed by atoms with Gasteiger partial charge in [-0.15, -0.1) is 11.8 Å². The van der Waals surface area contributed by atoms with Gasteiger partial charge in [-0.05, 0) is 43.2 Å². The molecule has 0 saturated carbocycles. The number of carbonyl (C=O) groups excluding carboxylic acids is 1. The maximum Gasteiger partial charge on any atom is 0.249 e. The summed E-state index contributed by atoms with van der Waals surface area (Å²) in [6.45, 7) is 4.19. The van der Waals surface area contributed by atoms with Crippen molar-refractivity contribution in [2.24, 2.45) is 12.0 Å². The Hall–Kier alpha value is -1.85. The monoisotopic (exact) mass is 356 g/mol. The first-order chi connectivity index (χ1) is 11.5. The third-order valence-corrected chi connectivity index (χ3v) is 5.87. The Balaban J connectivity index is 1.76. The molecule has 1 aromatic heterocycles. The minimum absolute atomic E-state index is 0.0602. The number of aryl methyl sites for hydroxylation is 3. The van der Waals surface area contributed by atoms with Gasteiger partial charge in [-0.2, -0.15) is 4.99 Å². The minimum atomic E-state index is -0.0602. The molecular weight excluding hydrogens is 336 g/mol. The number of nitrogens with zero attached hydrogens (tertiary/aromatic N) is 2. The summed E-state index contributed by atoms with van der Waals surface area (Å²) in [5, 5.41) is 0. The number of aromatic nitrogens is 1. The van der Waals surface area contributed by atoms with Crippen LogP contribution in [0.15, 0.2) is 52.4 Å². The molecule has 0 spiro atoms. The number of hydrogen-bond acceptors (Lipinski definition) is 3. The van der Waals surface area contributed by atoms with Crippen molar-refractivity contribution in [1.82, 2.24) is 4.57 Å². The lowest BCUT2D eigenvalue weighted by Crippen LogP contribution is -2.13. The highest BCUT2D eigenvalue weighted by Crippen LogP contribution is 2.22.